The van der Waals surface area contributed by atoms with Gasteiger partial charge in [0, 0.05) is 13.3 Å². The molecular weight excluding hydrogens is 325 g/mol. The van der Waals surface area contributed by atoms with Crippen LogP contribution in [0.2, 0.25) is 0 Å². The third-order valence-electron chi connectivity index (χ3n) is 3.44. The minimum Gasteiger partial charge on any atom is -0.425 e. The fraction of sp³-hybridized carbons (Fsp3) is 0.857. The minimum atomic E-state index is -1.74. The van der Waals surface area contributed by atoms with E-state index in [1.54, 1.807) is 0 Å². The number of carbonyl (C=O) groups is 2. The molecule has 0 spiro atoms. The van der Waals surface area contributed by atoms with Crippen molar-refractivity contribution in [3.05, 3.63) is 0 Å². The number of alkyl carbamates (subject to hydrolysis) is 1. The van der Waals surface area contributed by atoms with E-state index in [0.29, 0.717) is 0 Å². The number of ether oxygens (including phenoxy) is 2. The largest absolute Gasteiger partial charge is 0.504 e. The highest BCUT2D eigenvalue weighted by atomic mass is 31.1. The second-order valence-electron chi connectivity index (χ2n) is 5.47. The van der Waals surface area contributed by atoms with Gasteiger partial charge in [0.15, 0.2) is 6.66 Å². The summed E-state index contributed by atoms with van der Waals surface area (Å²) < 4.78 is 25.4. The monoisotopic (exact) mass is 350 g/mol. The van der Waals surface area contributed by atoms with Crippen molar-refractivity contribution in [3.63, 3.8) is 0 Å². The van der Waals surface area contributed by atoms with Crippen molar-refractivity contribution in [2.45, 2.75) is 58.0 Å². The van der Waals surface area contributed by atoms with Gasteiger partial charge in [0.2, 0.25) is 6.29 Å². The molecule has 0 heterocycles. The van der Waals surface area contributed by atoms with Crippen LogP contribution in [0.15, 0.2) is 0 Å². The van der Waals surface area contributed by atoms with Gasteiger partial charge in [0.05, 0.1) is 5.92 Å². The van der Waals surface area contributed by atoms with Crippen LogP contribution in [0, 0.1) is 5.92 Å². The van der Waals surface area contributed by atoms with Crippen LogP contribution < -0.4 is 5.32 Å². The summed E-state index contributed by atoms with van der Waals surface area (Å²) in [7, 11) is -1.74. The maximum atomic E-state index is 11.9. The summed E-state index contributed by atoms with van der Waals surface area (Å²) >= 11 is 0. The number of amides is 1. The Morgan fingerprint density at radius 1 is 1.26 bits per heavy atom. The van der Waals surface area contributed by atoms with Crippen LogP contribution in [0.3, 0.4) is 0 Å². The SMILES string of the molecule is CC(OC(=O)NC(O)CCO[P+](C)=O)OC(=O)C1CCCCC1. The second kappa shape index (κ2) is 10.5. The molecule has 2 N–H and O–H groups in total. The average Bonchev–Trinajstić information content (AvgIpc) is 2.47. The first-order valence-electron chi connectivity index (χ1n) is 7.78. The molecular formula is C14H25NO7P+. The molecule has 0 aromatic heterocycles. The number of aliphatic hydroxyl groups excluding tert-OH is 1. The van der Waals surface area contributed by atoms with Gasteiger partial charge in [0.25, 0.3) is 0 Å². The van der Waals surface area contributed by atoms with Crippen LogP contribution in [-0.4, -0.2) is 43.0 Å². The molecule has 1 amide bonds. The van der Waals surface area contributed by atoms with Gasteiger partial charge in [0.1, 0.15) is 12.8 Å². The van der Waals surface area contributed by atoms with Gasteiger partial charge in [-0.05, 0) is 17.4 Å². The number of nitrogens with one attached hydrogen (secondary N) is 1. The minimum absolute atomic E-state index is 0.0410. The maximum Gasteiger partial charge on any atom is 0.504 e. The van der Waals surface area contributed by atoms with Crippen molar-refractivity contribution in [3.8, 4) is 0 Å². The Kier molecular flexibility index (Phi) is 9.06. The van der Waals surface area contributed by atoms with Crippen LogP contribution in [0.4, 0.5) is 4.79 Å². The van der Waals surface area contributed by atoms with Crippen LogP contribution in [-0.2, 0) is 23.4 Å². The summed E-state index contributed by atoms with van der Waals surface area (Å²) in [4.78, 5) is 23.4. The van der Waals surface area contributed by atoms with E-state index in [4.69, 9.17) is 14.0 Å². The summed E-state index contributed by atoms with van der Waals surface area (Å²) in [6.07, 6.45) is 1.69. The van der Waals surface area contributed by atoms with Crippen molar-refractivity contribution < 1.29 is 33.3 Å². The molecule has 3 atom stereocenters. The van der Waals surface area contributed by atoms with Crippen molar-refractivity contribution in [2.75, 3.05) is 13.3 Å². The van der Waals surface area contributed by atoms with Gasteiger partial charge in [-0.1, -0.05) is 19.3 Å². The first kappa shape index (κ1) is 19.8. The Bertz CT molecular complexity index is 412. The van der Waals surface area contributed by atoms with E-state index in [0.717, 1.165) is 32.1 Å². The van der Waals surface area contributed by atoms with Crippen LogP contribution in [0.5, 0.6) is 0 Å². The molecule has 1 fully saturated rings. The number of carbonyl (C=O) groups excluding carboxylic acids is 2. The quantitative estimate of drug-likeness (QED) is 0.392. The van der Waals surface area contributed by atoms with Gasteiger partial charge in [-0.15, -0.1) is 4.52 Å². The molecule has 1 saturated carbocycles. The highest BCUT2D eigenvalue weighted by Crippen LogP contribution is 2.25. The first-order valence-corrected chi connectivity index (χ1v) is 9.40. The van der Waals surface area contributed by atoms with E-state index in [1.807, 2.05) is 0 Å². The maximum absolute atomic E-state index is 11.9. The zero-order valence-electron chi connectivity index (χ0n) is 13.5. The lowest BCUT2D eigenvalue weighted by Gasteiger charge is -2.22. The molecule has 1 aliphatic carbocycles. The van der Waals surface area contributed by atoms with E-state index in [9.17, 15) is 19.3 Å². The zero-order valence-corrected chi connectivity index (χ0v) is 14.4. The van der Waals surface area contributed by atoms with E-state index >= 15 is 0 Å². The third-order valence-corrected chi connectivity index (χ3v) is 3.99. The lowest BCUT2D eigenvalue weighted by Crippen LogP contribution is -2.38. The molecule has 0 radical (unpaired) electrons. The normalized spacial score (nSPS) is 18.7. The molecule has 23 heavy (non-hydrogen) atoms. The van der Waals surface area contributed by atoms with E-state index < -0.39 is 26.6 Å². The van der Waals surface area contributed by atoms with Crippen molar-refractivity contribution in [1.29, 1.82) is 0 Å². The molecule has 3 unspecified atom stereocenters. The Labute approximate surface area is 136 Å². The molecule has 132 valence electrons. The summed E-state index contributed by atoms with van der Waals surface area (Å²) in [6, 6.07) is 0. The topological polar surface area (TPSA) is 111 Å². The number of aliphatic hydroxyl groups is 1. The number of hydrogen-bond donors (Lipinski definition) is 2. The lowest BCUT2D eigenvalue weighted by atomic mass is 9.89. The Morgan fingerprint density at radius 2 is 1.91 bits per heavy atom. The summed E-state index contributed by atoms with van der Waals surface area (Å²) in [5.74, 6) is -0.484. The highest BCUT2D eigenvalue weighted by molar-refractivity contribution is 7.38. The van der Waals surface area contributed by atoms with E-state index in [-0.39, 0.29) is 24.9 Å². The molecule has 1 rings (SSSR count). The fourth-order valence-corrected chi connectivity index (χ4v) is 2.67. The van der Waals surface area contributed by atoms with Gasteiger partial charge in [-0.2, -0.15) is 0 Å². The van der Waals surface area contributed by atoms with Crippen molar-refractivity contribution in [2.24, 2.45) is 5.92 Å². The summed E-state index contributed by atoms with van der Waals surface area (Å²) in [5.41, 5.74) is 0. The number of hydrogen-bond acceptors (Lipinski definition) is 7. The molecule has 9 heteroatoms. The standard InChI is InChI=1S/C14H24NO7P/c1-10(21-13(17)11-6-4-3-5-7-11)22-14(18)15-12(16)8-9-20-23(2)19/h10-12,16H,3-9H2,1-2H3/p+1. The van der Waals surface area contributed by atoms with Crippen LogP contribution in [0.25, 0.3) is 0 Å². The van der Waals surface area contributed by atoms with Gasteiger partial charge < -0.3 is 14.6 Å². The molecule has 0 bridgehead atoms. The molecule has 0 aromatic rings. The van der Waals surface area contributed by atoms with Gasteiger partial charge in [-0.3, -0.25) is 10.1 Å². The summed E-state index contributed by atoms with van der Waals surface area (Å²) in [5, 5.41) is 11.7. The Morgan fingerprint density at radius 3 is 2.52 bits per heavy atom. The van der Waals surface area contributed by atoms with Gasteiger partial charge >= 0.3 is 20.1 Å². The summed E-state index contributed by atoms with van der Waals surface area (Å²) in [6.45, 7) is 2.88. The molecule has 0 aliphatic heterocycles. The number of esters is 1. The molecule has 0 aromatic carbocycles. The third kappa shape index (κ3) is 8.83. The van der Waals surface area contributed by atoms with E-state index in [1.165, 1.54) is 13.6 Å². The molecule has 8 nitrogen and oxygen atoms in total. The van der Waals surface area contributed by atoms with Crippen LogP contribution >= 0.6 is 8.03 Å². The highest BCUT2D eigenvalue weighted by Gasteiger charge is 2.25. The zero-order chi connectivity index (χ0) is 17.2. The Hall–Kier alpha value is -1.24. The number of rotatable bonds is 8. The predicted molar refractivity (Wildman–Crippen MR) is 81.9 cm³/mol. The van der Waals surface area contributed by atoms with Crippen molar-refractivity contribution >= 4 is 20.1 Å². The van der Waals surface area contributed by atoms with Gasteiger partial charge in [-0.25, -0.2) is 4.79 Å². The van der Waals surface area contributed by atoms with Crippen molar-refractivity contribution in [1.82, 2.24) is 5.32 Å². The molecule has 1 aliphatic rings. The van der Waals surface area contributed by atoms with Crippen LogP contribution in [0.1, 0.15) is 45.4 Å². The molecule has 0 saturated heterocycles. The predicted octanol–water partition coefficient (Wildman–Crippen LogP) is 2.28. The van der Waals surface area contributed by atoms with E-state index in [2.05, 4.69) is 5.32 Å². The first-order chi connectivity index (χ1) is 10.9. The fourth-order valence-electron chi connectivity index (χ4n) is 2.31. The average molecular weight is 350 g/mol. The smallest absolute Gasteiger partial charge is 0.425 e. The second-order valence-corrected chi connectivity index (χ2v) is 6.60. The lowest BCUT2D eigenvalue weighted by molar-refractivity contribution is -0.171. The Balaban J connectivity index is 2.21.